The molecule has 0 saturated heterocycles. The Hall–Kier alpha value is -3.35. The summed E-state index contributed by atoms with van der Waals surface area (Å²) in [5, 5.41) is 12.3. The van der Waals surface area contributed by atoms with E-state index < -0.39 is 40.8 Å². The van der Waals surface area contributed by atoms with Gasteiger partial charge in [-0.05, 0) is 86.8 Å². The maximum atomic E-state index is 13.2. The van der Waals surface area contributed by atoms with E-state index >= 15 is 0 Å². The number of hydrogen-bond acceptors (Lipinski definition) is 5. The molecule has 2 N–H and O–H groups in total. The molecular weight excluding hydrogens is 482 g/mol. The van der Waals surface area contributed by atoms with Crippen molar-refractivity contribution in [3.8, 4) is 16.9 Å². The number of aliphatic carboxylic acids is 1. The van der Waals surface area contributed by atoms with Crippen molar-refractivity contribution in [3.05, 3.63) is 53.6 Å². The molecule has 208 valence electrons. The van der Waals surface area contributed by atoms with Gasteiger partial charge in [-0.25, -0.2) is 4.79 Å². The van der Waals surface area contributed by atoms with Crippen molar-refractivity contribution >= 4 is 17.8 Å². The molecule has 0 heterocycles. The summed E-state index contributed by atoms with van der Waals surface area (Å²) in [6.07, 6.45) is 1.71. The number of methoxy groups -OCH3 is 1. The van der Waals surface area contributed by atoms with Gasteiger partial charge in [-0.1, -0.05) is 51.1 Å². The zero-order chi connectivity index (χ0) is 28.7. The average Bonchev–Trinajstić information content (AvgIpc) is 2.79. The number of benzene rings is 2. The fraction of sp³-hybridized carbons (Fsp3) is 0.516. The molecule has 0 aliphatic heterocycles. The third-order valence-electron chi connectivity index (χ3n) is 6.29. The van der Waals surface area contributed by atoms with Crippen LogP contribution in [0.25, 0.3) is 11.1 Å². The van der Waals surface area contributed by atoms with Crippen LogP contribution in [0, 0.1) is 18.3 Å². The van der Waals surface area contributed by atoms with Crippen molar-refractivity contribution in [2.75, 3.05) is 7.11 Å². The molecule has 0 aliphatic rings. The van der Waals surface area contributed by atoms with Gasteiger partial charge in [-0.3, -0.25) is 9.59 Å². The molecule has 0 bridgehead atoms. The monoisotopic (exact) mass is 525 g/mol. The fourth-order valence-electron chi connectivity index (χ4n) is 4.37. The first-order valence-electron chi connectivity index (χ1n) is 13.1. The quantitative estimate of drug-likeness (QED) is 0.351. The van der Waals surface area contributed by atoms with Gasteiger partial charge in [0.25, 0.3) is 0 Å². The number of ether oxygens (including phenoxy) is 2. The van der Waals surface area contributed by atoms with Gasteiger partial charge in [0.2, 0.25) is 5.91 Å². The van der Waals surface area contributed by atoms with Gasteiger partial charge in [0, 0.05) is 5.92 Å². The minimum Gasteiger partial charge on any atom is -0.497 e. The number of carbonyl (C=O) groups is 3. The van der Waals surface area contributed by atoms with Crippen molar-refractivity contribution in [1.29, 1.82) is 0 Å². The molecule has 0 aliphatic carbocycles. The summed E-state index contributed by atoms with van der Waals surface area (Å²) in [7, 11) is 1.65. The van der Waals surface area contributed by atoms with Crippen LogP contribution in [0.3, 0.4) is 0 Å². The minimum atomic E-state index is -1.10. The fourth-order valence-corrected chi connectivity index (χ4v) is 4.37. The highest BCUT2D eigenvalue weighted by Gasteiger charge is 2.35. The van der Waals surface area contributed by atoms with E-state index in [1.54, 1.807) is 48.7 Å². The second-order valence-corrected chi connectivity index (χ2v) is 11.9. The van der Waals surface area contributed by atoms with Crippen LogP contribution in [0.1, 0.15) is 71.9 Å². The van der Waals surface area contributed by atoms with Crippen LogP contribution in [-0.4, -0.2) is 41.7 Å². The van der Waals surface area contributed by atoms with E-state index in [0.717, 1.165) is 34.4 Å². The lowest BCUT2D eigenvalue weighted by atomic mass is 9.86. The highest BCUT2D eigenvalue weighted by Crippen LogP contribution is 2.28. The Bertz CT molecular complexity index is 1130. The van der Waals surface area contributed by atoms with Gasteiger partial charge in [-0.15, -0.1) is 0 Å². The topological polar surface area (TPSA) is 102 Å². The Kier molecular flexibility index (Phi) is 10.5. The third-order valence-corrected chi connectivity index (χ3v) is 6.29. The second-order valence-electron chi connectivity index (χ2n) is 11.9. The van der Waals surface area contributed by atoms with Gasteiger partial charge in [0.05, 0.1) is 13.5 Å². The summed E-state index contributed by atoms with van der Waals surface area (Å²) in [5.41, 5.74) is 3.11. The molecular formula is C31H43NO6. The van der Waals surface area contributed by atoms with Crippen LogP contribution < -0.4 is 10.1 Å². The molecule has 0 aromatic heterocycles. The number of aryl methyl sites for hydroxylation is 2. The number of carbonyl (C=O) groups excluding carboxylic acids is 2. The van der Waals surface area contributed by atoms with Crippen molar-refractivity contribution in [2.45, 2.75) is 85.8 Å². The number of hydrogen-bond donors (Lipinski definition) is 2. The molecule has 7 heteroatoms. The summed E-state index contributed by atoms with van der Waals surface area (Å²) in [5.74, 6) is -1.90. The molecule has 38 heavy (non-hydrogen) atoms. The molecule has 0 saturated carbocycles. The largest absolute Gasteiger partial charge is 0.497 e. The number of rotatable bonds is 11. The highest BCUT2D eigenvalue weighted by atomic mass is 16.6. The summed E-state index contributed by atoms with van der Waals surface area (Å²) in [6.45, 7) is 12.7. The molecule has 1 amide bonds. The normalized spacial score (nSPS) is 13.4. The highest BCUT2D eigenvalue weighted by molar-refractivity contribution is 5.88. The summed E-state index contributed by atoms with van der Waals surface area (Å²) >= 11 is 0. The maximum Gasteiger partial charge on any atom is 0.326 e. The first-order chi connectivity index (χ1) is 17.6. The van der Waals surface area contributed by atoms with Crippen LogP contribution in [0.2, 0.25) is 0 Å². The van der Waals surface area contributed by atoms with Crippen molar-refractivity contribution < 1.29 is 29.0 Å². The molecule has 7 nitrogen and oxygen atoms in total. The predicted octanol–water partition coefficient (Wildman–Crippen LogP) is 5.96. The Morgan fingerprint density at radius 1 is 1.00 bits per heavy atom. The first kappa shape index (κ1) is 30.9. The number of nitrogens with one attached hydrogen (secondary N) is 1. The molecule has 0 spiro atoms. The molecule has 0 fully saturated rings. The predicted molar refractivity (Wildman–Crippen MR) is 149 cm³/mol. The van der Waals surface area contributed by atoms with E-state index in [1.165, 1.54) is 0 Å². The van der Waals surface area contributed by atoms with E-state index in [1.807, 2.05) is 24.3 Å². The standard InChI is InChI=1S/C31H43NO6/c1-20-17-21(15-16-25(20)22-12-10-14-24(18-22)37-8)11-9-13-23(19-26(33)38-31(5,6)7)28(34)32-27(29(35)36)30(2,3)4/h10,12,14-18,23,27H,9,11,13,19H2,1-8H3,(H,32,34)(H,35,36)/t23-,27-/m1/s1. The zero-order valence-electron chi connectivity index (χ0n) is 24.0. The van der Waals surface area contributed by atoms with E-state index in [9.17, 15) is 19.5 Å². The van der Waals surface area contributed by atoms with E-state index in [0.29, 0.717) is 12.8 Å². The third kappa shape index (κ3) is 9.51. The smallest absolute Gasteiger partial charge is 0.326 e. The lowest BCUT2D eigenvalue weighted by Crippen LogP contribution is -2.51. The zero-order valence-corrected chi connectivity index (χ0v) is 24.0. The van der Waals surface area contributed by atoms with Crippen LogP contribution in [0.4, 0.5) is 0 Å². The second kappa shape index (κ2) is 12.9. The van der Waals surface area contributed by atoms with Crippen LogP contribution in [0.15, 0.2) is 42.5 Å². The van der Waals surface area contributed by atoms with Gasteiger partial charge >= 0.3 is 11.9 Å². The first-order valence-corrected chi connectivity index (χ1v) is 13.1. The maximum absolute atomic E-state index is 13.2. The van der Waals surface area contributed by atoms with E-state index in [2.05, 4.69) is 30.4 Å². The van der Waals surface area contributed by atoms with E-state index in [4.69, 9.17) is 9.47 Å². The SMILES string of the molecule is COc1cccc(-c2ccc(CCC[C@H](CC(=O)OC(C)(C)C)C(=O)N[C@H](C(=O)O)C(C)(C)C)cc2C)c1. The molecule has 2 atom stereocenters. The molecule has 2 aromatic rings. The summed E-state index contributed by atoms with van der Waals surface area (Å²) in [6, 6.07) is 13.2. The Balaban J connectivity index is 2.13. The number of amides is 1. The summed E-state index contributed by atoms with van der Waals surface area (Å²) in [4.78, 5) is 37.5. The van der Waals surface area contributed by atoms with E-state index in [-0.39, 0.29) is 6.42 Å². The molecule has 2 rings (SSSR count). The Morgan fingerprint density at radius 2 is 1.68 bits per heavy atom. The number of carboxylic acid groups (broad SMARTS) is 1. The number of carboxylic acids is 1. The van der Waals surface area contributed by atoms with Gasteiger partial charge in [0.1, 0.15) is 17.4 Å². The Labute approximate surface area is 226 Å². The van der Waals surface area contributed by atoms with Crippen LogP contribution in [0.5, 0.6) is 5.75 Å². The average molecular weight is 526 g/mol. The van der Waals surface area contributed by atoms with Gasteiger partial charge in [-0.2, -0.15) is 0 Å². The van der Waals surface area contributed by atoms with Crippen molar-refractivity contribution in [2.24, 2.45) is 11.3 Å². The lowest BCUT2D eigenvalue weighted by Gasteiger charge is -2.29. The molecule has 0 unspecified atom stereocenters. The molecule has 2 aromatic carbocycles. The van der Waals surface area contributed by atoms with Gasteiger partial charge in [0.15, 0.2) is 0 Å². The van der Waals surface area contributed by atoms with Crippen LogP contribution in [-0.2, 0) is 25.5 Å². The van der Waals surface area contributed by atoms with Crippen molar-refractivity contribution in [1.82, 2.24) is 5.32 Å². The summed E-state index contributed by atoms with van der Waals surface area (Å²) < 4.78 is 10.8. The molecule has 0 radical (unpaired) electrons. The Morgan fingerprint density at radius 3 is 2.24 bits per heavy atom. The van der Waals surface area contributed by atoms with Gasteiger partial charge < -0.3 is 19.9 Å². The minimum absolute atomic E-state index is 0.104. The lowest BCUT2D eigenvalue weighted by molar-refractivity contribution is -0.157. The van der Waals surface area contributed by atoms with Crippen molar-refractivity contribution in [3.63, 3.8) is 0 Å². The van der Waals surface area contributed by atoms with Crippen LogP contribution >= 0.6 is 0 Å². The number of esters is 1.